The zero-order valence-corrected chi connectivity index (χ0v) is 10.0. The van der Waals surface area contributed by atoms with E-state index in [0.717, 1.165) is 5.56 Å². The predicted octanol–water partition coefficient (Wildman–Crippen LogP) is 2.44. The van der Waals surface area contributed by atoms with Crippen molar-refractivity contribution in [3.05, 3.63) is 42.0 Å². The fraction of sp³-hybridized carbons (Fsp3) is 0.286. The summed E-state index contributed by atoms with van der Waals surface area (Å²) < 4.78 is 0. The Bertz CT molecular complexity index is 476. The highest BCUT2D eigenvalue weighted by Crippen LogP contribution is 2.28. The zero-order valence-electron chi connectivity index (χ0n) is 10.0. The molecule has 1 atom stereocenters. The molecule has 0 spiro atoms. The first-order valence-corrected chi connectivity index (χ1v) is 5.71. The number of imide groups is 1. The Hall–Kier alpha value is -1.90. The molecule has 1 heterocycles. The molecule has 88 valence electrons. The molecule has 0 saturated heterocycles. The molecule has 0 saturated carbocycles. The lowest BCUT2D eigenvalue weighted by Crippen LogP contribution is -2.39. The van der Waals surface area contributed by atoms with Gasteiger partial charge in [-0.3, -0.25) is 14.5 Å². The standard InChI is InChI=1S/C14H15NO2/c1-10-8-9-13(12-6-4-3-5-7-12)15(11(2)16)14(10)17/h3-7,9-10H,8H2,1-2H3. The van der Waals surface area contributed by atoms with Crippen LogP contribution in [-0.2, 0) is 9.59 Å². The first-order chi connectivity index (χ1) is 8.11. The second-order valence-corrected chi connectivity index (χ2v) is 4.28. The first kappa shape index (κ1) is 11.6. The number of allylic oxidation sites excluding steroid dienone is 1. The lowest BCUT2D eigenvalue weighted by Gasteiger charge is -2.29. The van der Waals surface area contributed by atoms with Gasteiger partial charge in [-0.15, -0.1) is 0 Å². The molecule has 0 N–H and O–H groups in total. The van der Waals surface area contributed by atoms with Crippen molar-refractivity contribution in [3.8, 4) is 0 Å². The number of rotatable bonds is 1. The van der Waals surface area contributed by atoms with Gasteiger partial charge in [-0.1, -0.05) is 43.3 Å². The van der Waals surface area contributed by atoms with Crippen LogP contribution in [0.1, 0.15) is 25.8 Å². The van der Waals surface area contributed by atoms with Gasteiger partial charge in [0.25, 0.3) is 0 Å². The molecule has 1 aromatic rings. The second kappa shape index (κ2) is 4.53. The van der Waals surface area contributed by atoms with Crippen LogP contribution in [0.4, 0.5) is 0 Å². The third-order valence-corrected chi connectivity index (χ3v) is 2.93. The van der Waals surface area contributed by atoms with E-state index in [-0.39, 0.29) is 17.7 Å². The summed E-state index contributed by atoms with van der Waals surface area (Å²) in [6.45, 7) is 3.27. The Kier molecular flexibility index (Phi) is 3.09. The Balaban J connectivity index is 2.45. The number of benzene rings is 1. The maximum absolute atomic E-state index is 12.0. The van der Waals surface area contributed by atoms with Gasteiger partial charge in [-0.25, -0.2) is 0 Å². The van der Waals surface area contributed by atoms with Gasteiger partial charge < -0.3 is 0 Å². The normalized spacial score (nSPS) is 20.1. The molecule has 2 amide bonds. The maximum atomic E-state index is 12.0. The number of hydrogen-bond acceptors (Lipinski definition) is 2. The lowest BCUT2D eigenvalue weighted by atomic mass is 9.97. The molecule has 1 unspecified atom stereocenters. The van der Waals surface area contributed by atoms with Crippen molar-refractivity contribution in [2.24, 2.45) is 5.92 Å². The van der Waals surface area contributed by atoms with Crippen LogP contribution in [0, 0.1) is 5.92 Å². The smallest absolute Gasteiger partial charge is 0.236 e. The summed E-state index contributed by atoms with van der Waals surface area (Å²) in [4.78, 5) is 24.9. The Morgan fingerprint density at radius 2 is 1.94 bits per heavy atom. The molecule has 0 radical (unpaired) electrons. The molecule has 17 heavy (non-hydrogen) atoms. The van der Waals surface area contributed by atoms with Gasteiger partial charge in [-0.05, 0) is 12.0 Å². The van der Waals surface area contributed by atoms with Gasteiger partial charge in [0.2, 0.25) is 11.8 Å². The Morgan fingerprint density at radius 1 is 1.29 bits per heavy atom. The lowest BCUT2D eigenvalue weighted by molar-refractivity contribution is -0.142. The summed E-state index contributed by atoms with van der Waals surface area (Å²) in [6, 6.07) is 9.53. The largest absolute Gasteiger partial charge is 0.274 e. The molecule has 3 nitrogen and oxygen atoms in total. The van der Waals surface area contributed by atoms with Gasteiger partial charge in [0.05, 0.1) is 5.70 Å². The second-order valence-electron chi connectivity index (χ2n) is 4.28. The topological polar surface area (TPSA) is 37.4 Å². The number of carbonyl (C=O) groups excluding carboxylic acids is 2. The minimum Gasteiger partial charge on any atom is -0.274 e. The fourth-order valence-electron chi connectivity index (χ4n) is 2.00. The molecular formula is C14H15NO2. The monoisotopic (exact) mass is 229 g/mol. The van der Waals surface area contributed by atoms with Gasteiger partial charge in [-0.2, -0.15) is 0 Å². The van der Waals surface area contributed by atoms with Gasteiger partial charge in [0.1, 0.15) is 0 Å². The van der Waals surface area contributed by atoms with E-state index < -0.39 is 0 Å². The van der Waals surface area contributed by atoms with Crippen LogP contribution in [0.25, 0.3) is 5.70 Å². The molecular weight excluding hydrogens is 214 g/mol. The average Bonchev–Trinajstić information content (AvgIpc) is 2.33. The third kappa shape index (κ3) is 2.13. The minimum atomic E-state index is -0.225. The number of nitrogens with zero attached hydrogens (tertiary/aromatic N) is 1. The quantitative estimate of drug-likeness (QED) is 0.741. The van der Waals surface area contributed by atoms with E-state index in [4.69, 9.17) is 0 Å². The van der Waals surface area contributed by atoms with E-state index in [1.54, 1.807) is 0 Å². The van der Waals surface area contributed by atoms with E-state index in [2.05, 4.69) is 0 Å². The predicted molar refractivity (Wildman–Crippen MR) is 65.7 cm³/mol. The van der Waals surface area contributed by atoms with Crippen LogP contribution >= 0.6 is 0 Å². The molecule has 2 rings (SSSR count). The Labute approximate surface area is 101 Å². The van der Waals surface area contributed by atoms with E-state index >= 15 is 0 Å². The molecule has 0 fully saturated rings. The fourth-order valence-corrected chi connectivity index (χ4v) is 2.00. The third-order valence-electron chi connectivity index (χ3n) is 2.93. The highest BCUT2D eigenvalue weighted by molar-refractivity contribution is 6.05. The molecule has 1 aliphatic heterocycles. The van der Waals surface area contributed by atoms with Crippen LogP contribution < -0.4 is 0 Å². The van der Waals surface area contributed by atoms with Crippen LogP contribution in [0.3, 0.4) is 0 Å². The summed E-state index contributed by atoms with van der Waals surface area (Å²) in [5.74, 6) is -0.457. The molecule has 3 heteroatoms. The number of carbonyl (C=O) groups is 2. The molecule has 0 aliphatic carbocycles. The van der Waals surface area contributed by atoms with Crippen LogP contribution in [0.15, 0.2) is 36.4 Å². The summed E-state index contributed by atoms with van der Waals surface area (Å²) in [5.41, 5.74) is 1.61. The highest BCUT2D eigenvalue weighted by atomic mass is 16.2. The number of amides is 2. The van der Waals surface area contributed by atoms with Gasteiger partial charge in [0, 0.05) is 12.8 Å². The summed E-state index contributed by atoms with van der Waals surface area (Å²) in [7, 11) is 0. The first-order valence-electron chi connectivity index (χ1n) is 5.71. The average molecular weight is 229 g/mol. The van der Waals surface area contributed by atoms with Crippen LogP contribution in [0.5, 0.6) is 0 Å². The summed E-state index contributed by atoms with van der Waals surface area (Å²) in [5, 5.41) is 0. The zero-order chi connectivity index (χ0) is 12.4. The van der Waals surface area contributed by atoms with Crippen molar-refractivity contribution in [1.82, 2.24) is 4.90 Å². The summed E-state index contributed by atoms with van der Waals surface area (Å²) >= 11 is 0. The number of hydrogen-bond donors (Lipinski definition) is 0. The summed E-state index contributed by atoms with van der Waals surface area (Å²) in [6.07, 6.45) is 2.65. The molecule has 0 bridgehead atoms. The van der Waals surface area contributed by atoms with Gasteiger partial charge >= 0.3 is 0 Å². The minimum absolute atomic E-state index is 0.112. The van der Waals surface area contributed by atoms with E-state index in [1.807, 2.05) is 43.3 Å². The van der Waals surface area contributed by atoms with Crippen molar-refractivity contribution >= 4 is 17.5 Å². The van der Waals surface area contributed by atoms with Crippen molar-refractivity contribution in [1.29, 1.82) is 0 Å². The van der Waals surface area contributed by atoms with E-state index in [9.17, 15) is 9.59 Å². The van der Waals surface area contributed by atoms with Crippen molar-refractivity contribution in [2.45, 2.75) is 20.3 Å². The van der Waals surface area contributed by atoms with Crippen LogP contribution in [-0.4, -0.2) is 16.7 Å². The van der Waals surface area contributed by atoms with Crippen LogP contribution in [0.2, 0.25) is 0 Å². The SMILES string of the molecule is CC(=O)N1C(=O)C(C)CC=C1c1ccccc1. The van der Waals surface area contributed by atoms with E-state index in [0.29, 0.717) is 12.1 Å². The molecule has 0 aromatic heterocycles. The Morgan fingerprint density at radius 3 is 2.53 bits per heavy atom. The van der Waals surface area contributed by atoms with Crippen molar-refractivity contribution < 1.29 is 9.59 Å². The van der Waals surface area contributed by atoms with Gasteiger partial charge in [0.15, 0.2) is 0 Å². The highest BCUT2D eigenvalue weighted by Gasteiger charge is 2.30. The van der Waals surface area contributed by atoms with E-state index in [1.165, 1.54) is 11.8 Å². The van der Waals surface area contributed by atoms with Crippen molar-refractivity contribution in [3.63, 3.8) is 0 Å². The molecule has 1 aromatic carbocycles. The van der Waals surface area contributed by atoms with Crippen molar-refractivity contribution in [2.75, 3.05) is 0 Å². The molecule has 1 aliphatic rings. The maximum Gasteiger partial charge on any atom is 0.236 e.